The smallest absolute Gasteiger partial charge is 0.322 e. The Morgan fingerprint density at radius 1 is 1.05 bits per heavy atom. The molecule has 0 bridgehead atoms. The van der Waals surface area contributed by atoms with Crippen LogP contribution in [0.25, 0.3) is 0 Å². The fourth-order valence-corrected chi connectivity index (χ4v) is 1.99. The van der Waals surface area contributed by atoms with E-state index in [1.54, 1.807) is 12.1 Å². The van der Waals surface area contributed by atoms with Crippen molar-refractivity contribution in [2.75, 3.05) is 5.32 Å². The van der Waals surface area contributed by atoms with E-state index in [4.69, 9.17) is 0 Å². The van der Waals surface area contributed by atoms with E-state index in [-0.39, 0.29) is 22.6 Å². The number of hydrogen-bond donors (Lipinski definition) is 1. The molecule has 104 valence electrons. The lowest BCUT2D eigenvalue weighted by Crippen LogP contribution is -2.11. The molecule has 7 heteroatoms. The van der Waals surface area contributed by atoms with E-state index in [0.29, 0.717) is 11.3 Å². The van der Waals surface area contributed by atoms with Gasteiger partial charge in [0.25, 0.3) is 5.91 Å². The molecular formula is C13H9F3N2OS. The van der Waals surface area contributed by atoms with Gasteiger partial charge < -0.3 is 5.32 Å². The van der Waals surface area contributed by atoms with Crippen LogP contribution in [0.3, 0.4) is 0 Å². The van der Waals surface area contributed by atoms with E-state index in [0.717, 1.165) is 0 Å². The quantitative estimate of drug-likeness (QED) is 0.873. The topological polar surface area (TPSA) is 42.0 Å². The van der Waals surface area contributed by atoms with E-state index in [9.17, 15) is 18.0 Å². The van der Waals surface area contributed by atoms with E-state index >= 15 is 0 Å². The van der Waals surface area contributed by atoms with Crippen molar-refractivity contribution in [3.05, 3.63) is 54.4 Å². The predicted octanol–water partition coefficient (Wildman–Crippen LogP) is 3.95. The normalized spacial score (nSPS) is 11.2. The second kappa shape index (κ2) is 5.96. The van der Waals surface area contributed by atoms with E-state index in [2.05, 4.69) is 10.3 Å². The molecule has 0 saturated heterocycles. The summed E-state index contributed by atoms with van der Waals surface area (Å²) in [6.45, 7) is 0. The standard InChI is InChI=1S/C13H9F3N2OS/c14-13(15,16)20-11-3-1-10(2-4-11)18-12(19)9-5-7-17-8-6-9/h1-8H,(H,18,19). The molecular weight excluding hydrogens is 289 g/mol. The summed E-state index contributed by atoms with van der Waals surface area (Å²) in [5.41, 5.74) is -3.46. The number of thioether (sulfide) groups is 1. The Morgan fingerprint density at radius 3 is 2.20 bits per heavy atom. The third-order valence-corrected chi connectivity index (χ3v) is 3.03. The number of rotatable bonds is 3. The highest BCUT2D eigenvalue weighted by Gasteiger charge is 2.28. The minimum Gasteiger partial charge on any atom is -0.322 e. The summed E-state index contributed by atoms with van der Waals surface area (Å²) >= 11 is -0.196. The number of halogens is 3. The van der Waals surface area contributed by atoms with Crippen molar-refractivity contribution in [3.8, 4) is 0 Å². The zero-order valence-corrected chi connectivity index (χ0v) is 10.8. The maximum absolute atomic E-state index is 12.2. The Balaban J connectivity index is 2.02. The van der Waals surface area contributed by atoms with Crippen LogP contribution in [-0.2, 0) is 0 Å². The van der Waals surface area contributed by atoms with Crippen LogP contribution in [-0.4, -0.2) is 16.4 Å². The highest BCUT2D eigenvalue weighted by atomic mass is 32.2. The van der Waals surface area contributed by atoms with Gasteiger partial charge in [-0.05, 0) is 48.2 Å². The molecule has 0 saturated carbocycles. The molecule has 0 aliphatic heterocycles. The first kappa shape index (κ1) is 14.4. The number of carbonyl (C=O) groups excluding carboxylic acids is 1. The van der Waals surface area contributed by atoms with Crippen molar-refractivity contribution < 1.29 is 18.0 Å². The van der Waals surface area contributed by atoms with E-state index in [1.807, 2.05) is 0 Å². The number of alkyl halides is 3. The molecule has 0 aliphatic carbocycles. The lowest BCUT2D eigenvalue weighted by molar-refractivity contribution is -0.0328. The minimum atomic E-state index is -4.32. The second-order valence-electron chi connectivity index (χ2n) is 3.76. The zero-order valence-electron chi connectivity index (χ0n) is 10.0. The number of anilines is 1. The van der Waals surface area contributed by atoms with Crippen LogP contribution in [0.2, 0.25) is 0 Å². The van der Waals surface area contributed by atoms with E-state index in [1.165, 1.54) is 36.7 Å². The fraction of sp³-hybridized carbons (Fsp3) is 0.0769. The number of hydrogen-bond acceptors (Lipinski definition) is 3. The first-order valence-electron chi connectivity index (χ1n) is 5.51. The zero-order chi connectivity index (χ0) is 14.6. The van der Waals surface area contributed by atoms with Crippen molar-refractivity contribution in [1.82, 2.24) is 4.98 Å². The van der Waals surface area contributed by atoms with E-state index < -0.39 is 5.51 Å². The number of nitrogens with one attached hydrogen (secondary N) is 1. The van der Waals surface area contributed by atoms with Gasteiger partial charge in [-0.3, -0.25) is 9.78 Å². The first-order valence-corrected chi connectivity index (χ1v) is 6.33. The molecule has 1 aromatic carbocycles. The van der Waals surface area contributed by atoms with Gasteiger partial charge in [0.05, 0.1) is 0 Å². The van der Waals surface area contributed by atoms with Gasteiger partial charge >= 0.3 is 5.51 Å². The van der Waals surface area contributed by atoms with Crippen molar-refractivity contribution in [2.45, 2.75) is 10.4 Å². The van der Waals surface area contributed by atoms with Gasteiger partial charge in [0.1, 0.15) is 0 Å². The van der Waals surface area contributed by atoms with Gasteiger partial charge in [0.15, 0.2) is 0 Å². The number of carbonyl (C=O) groups is 1. The van der Waals surface area contributed by atoms with Crippen molar-refractivity contribution in [1.29, 1.82) is 0 Å². The first-order chi connectivity index (χ1) is 9.44. The predicted molar refractivity (Wildman–Crippen MR) is 70.5 cm³/mol. The van der Waals surface area contributed by atoms with Crippen molar-refractivity contribution in [2.24, 2.45) is 0 Å². The molecule has 1 aromatic heterocycles. The number of pyridine rings is 1. The Morgan fingerprint density at radius 2 is 1.65 bits per heavy atom. The minimum absolute atomic E-state index is 0.0689. The SMILES string of the molecule is O=C(Nc1ccc(SC(F)(F)F)cc1)c1ccncc1. The average molecular weight is 298 g/mol. The van der Waals surface area contributed by atoms with Crippen LogP contribution >= 0.6 is 11.8 Å². The molecule has 0 spiro atoms. The highest BCUT2D eigenvalue weighted by molar-refractivity contribution is 8.00. The molecule has 1 amide bonds. The maximum atomic E-state index is 12.2. The third-order valence-electron chi connectivity index (χ3n) is 2.29. The number of aromatic nitrogens is 1. The summed E-state index contributed by atoms with van der Waals surface area (Å²) in [6, 6.07) is 8.55. The van der Waals surface area contributed by atoms with Gasteiger partial charge in [-0.1, -0.05) is 0 Å². The third kappa shape index (κ3) is 4.27. The molecule has 2 rings (SSSR count). The van der Waals surface area contributed by atoms with Crippen LogP contribution in [0.15, 0.2) is 53.7 Å². The number of nitrogens with zero attached hydrogens (tertiary/aromatic N) is 1. The van der Waals surface area contributed by atoms with Gasteiger partial charge in [0, 0.05) is 28.5 Å². The molecule has 3 nitrogen and oxygen atoms in total. The molecule has 0 atom stereocenters. The lowest BCUT2D eigenvalue weighted by Gasteiger charge is -2.08. The molecule has 20 heavy (non-hydrogen) atoms. The summed E-state index contributed by atoms with van der Waals surface area (Å²) < 4.78 is 36.5. The van der Waals surface area contributed by atoms with Gasteiger partial charge in [-0.2, -0.15) is 13.2 Å². The van der Waals surface area contributed by atoms with Gasteiger partial charge in [-0.25, -0.2) is 0 Å². The Kier molecular flexibility index (Phi) is 4.29. The molecule has 1 heterocycles. The molecule has 0 unspecified atom stereocenters. The molecule has 1 N–H and O–H groups in total. The van der Waals surface area contributed by atoms with Gasteiger partial charge in [0.2, 0.25) is 0 Å². The van der Waals surface area contributed by atoms with Crippen LogP contribution in [0.4, 0.5) is 18.9 Å². The Bertz CT molecular complexity index is 585. The monoisotopic (exact) mass is 298 g/mol. The van der Waals surface area contributed by atoms with Crippen molar-refractivity contribution >= 4 is 23.4 Å². The Hall–Kier alpha value is -2.02. The number of amides is 1. The molecule has 0 aliphatic rings. The van der Waals surface area contributed by atoms with Crippen molar-refractivity contribution in [3.63, 3.8) is 0 Å². The second-order valence-corrected chi connectivity index (χ2v) is 4.90. The van der Waals surface area contributed by atoms with Gasteiger partial charge in [-0.15, -0.1) is 0 Å². The molecule has 0 fully saturated rings. The fourth-order valence-electron chi connectivity index (χ4n) is 1.45. The van der Waals surface area contributed by atoms with Crippen LogP contribution in [0.1, 0.15) is 10.4 Å². The highest BCUT2D eigenvalue weighted by Crippen LogP contribution is 2.37. The summed E-state index contributed by atoms with van der Waals surface area (Å²) in [6.07, 6.45) is 2.97. The van der Waals surface area contributed by atoms with Crippen LogP contribution < -0.4 is 5.32 Å². The Labute approximate surface area is 117 Å². The number of benzene rings is 1. The van der Waals surface area contributed by atoms with Crippen LogP contribution in [0, 0.1) is 0 Å². The molecule has 0 radical (unpaired) electrons. The maximum Gasteiger partial charge on any atom is 0.446 e. The lowest BCUT2D eigenvalue weighted by atomic mass is 10.2. The average Bonchev–Trinajstić information content (AvgIpc) is 2.40. The summed E-state index contributed by atoms with van der Waals surface area (Å²) in [5, 5.41) is 2.59. The summed E-state index contributed by atoms with van der Waals surface area (Å²) in [5.74, 6) is -0.344. The largest absolute Gasteiger partial charge is 0.446 e. The summed E-state index contributed by atoms with van der Waals surface area (Å²) in [4.78, 5) is 15.7. The molecule has 2 aromatic rings. The van der Waals surface area contributed by atoms with Crippen LogP contribution in [0.5, 0.6) is 0 Å². The summed E-state index contributed by atoms with van der Waals surface area (Å²) in [7, 11) is 0.